The molecule has 7 heteroatoms. The molecule has 0 aromatic carbocycles. The van der Waals surface area contributed by atoms with Gasteiger partial charge in [0.15, 0.2) is 0 Å². The quantitative estimate of drug-likeness (QED) is 0.747. The zero-order valence-corrected chi connectivity index (χ0v) is 16.9. The number of nitrogens with two attached hydrogens (primary N) is 1. The van der Waals surface area contributed by atoms with Crippen LogP contribution in [0, 0.1) is 0 Å². The van der Waals surface area contributed by atoms with Crippen molar-refractivity contribution in [2.45, 2.75) is 63.8 Å². The number of aryl methyl sites for hydroxylation is 2. The highest BCUT2D eigenvalue weighted by Crippen LogP contribution is 2.31. The van der Waals surface area contributed by atoms with Crippen LogP contribution >= 0.6 is 23.7 Å². The van der Waals surface area contributed by atoms with Crippen LogP contribution < -0.4 is 11.1 Å². The Morgan fingerprint density at radius 1 is 1.19 bits per heavy atom. The van der Waals surface area contributed by atoms with E-state index >= 15 is 0 Å². The number of rotatable bonds is 5. The van der Waals surface area contributed by atoms with Crippen LogP contribution in [0.15, 0.2) is 6.07 Å². The SMILES string of the molecule is Cl.NCCC(=O)NCC1CCCCN1C(=O)c1cc2c(s1)CCCCC2. The second-order valence-electron chi connectivity index (χ2n) is 7.11. The Kier molecular flexibility index (Phi) is 8.38. The first-order chi connectivity index (χ1) is 12.2. The summed E-state index contributed by atoms with van der Waals surface area (Å²) in [6.07, 6.45) is 9.45. The fourth-order valence-corrected chi connectivity index (χ4v) is 5.06. The Hall–Kier alpha value is -1.11. The predicted molar refractivity (Wildman–Crippen MR) is 108 cm³/mol. The zero-order chi connectivity index (χ0) is 17.6. The van der Waals surface area contributed by atoms with Crippen molar-refractivity contribution in [1.82, 2.24) is 10.2 Å². The molecule has 1 fully saturated rings. The van der Waals surface area contributed by atoms with Gasteiger partial charge in [-0.25, -0.2) is 0 Å². The van der Waals surface area contributed by atoms with Gasteiger partial charge in [-0.1, -0.05) is 6.42 Å². The Morgan fingerprint density at radius 3 is 2.81 bits per heavy atom. The van der Waals surface area contributed by atoms with Crippen molar-refractivity contribution in [3.63, 3.8) is 0 Å². The maximum atomic E-state index is 13.1. The summed E-state index contributed by atoms with van der Waals surface area (Å²) < 4.78 is 0. The first-order valence-electron chi connectivity index (χ1n) is 9.58. The average molecular weight is 400 g/mol. The predicted octanol–water partition coefficient (Wildman–Crippen LogP) is 2.90. The van der Waals surface area contributed by atoms with Crippen LogP contribution in [0.2, 0.25) is 0 Å². The standard InChI is InChI=1S/C19H29N3O2S.ClH/c20-10-9-18(23)21-13-15-7-4-5-11-22(15)19(24)17-12-14-6-2-1-3-8-16(14)25-17;/h12,15H,1-11,13,20H2,(H,21,23);1H. The summed E-state index contributed by atoms with van der Waals surface area (Å²) in [5.41, 5.74) is 6.81. The average Bonchev–Trinajstić information content (AvgIpc) is 2.90. The fourth-order valence-electron chi connectivity index (χ4n) is 3.85. The molecule has 146 valence electrons. The molecule has 1 saturated heterocycles. The maximum Gasteiger partial charge on any atom is 0.264 e. The van der Waals surface area contributed by atoms with Gasteiger partial charge in [-0.3, -0.25) is 9.59 Å². The summed E-state index contributed by atoms with van der Waals surface area (Å²) in [7, 11) is 0. The van der Waals surface area contributed by atoms with Crippen molar-refractivity contribution in [2.75, 3.05) is 19.6 Å². The molecule has 3 rings (SSSR count). The van der Waals surface area contributed by atoms with E-state index in [-0.39, 0.29) is 30.3 Å². The van der Waals surface area contributed by atoms with E-state index in [0.29, 0.717) is 19.5 Å². The molecule has 1 atom stereocenters. The van der Waals surface area contributed by atoms with E-state index in [1.54, 1.807) is 11.3 Å². The first-order valence-corrected chi connectivity index (χ1v) is 10.4. The largest absolute Gasteiger partial charge is 0.354 e. The van der Waals surface area contributed by atoms with E-state index in [0.717, 1.165) is 43.5 Å². The number of piperidine rings is 1. The number of halogens is 1. The number of thiophene rings is 1. The number of hydrogen-bond donors (Lipinski definition) is 2. The third-order valence-corrected chi connectivity index (χ3v) is 6.48. The molecule has 2 amide bonds. The van der Waals surface area contributed by atoms with Gasteiger partial charge in [-0.2, -0.15) is 0 Å². The minimum Gasteiger partial charge on any atom is -0.354 e. The molecule has 0 bridgehead atoms. The molecule has 1 aliphatic carbocycles. The summed E-state index contributed by atoms with van der Waals surface area (Å²) in [5.74, 6) is 0.124. The van der Waals surface area contributed by atoms with E-state index in [4.69, 9.17) is 5.73 Å². The van der Waals surface area contributed by atoms with Crippen LogP contribution in [0.3, 0.4) is 0 Å². The van der Waals surface area contributed by atoms with Gasteiger partial charge in [0.1, 0.15) is 0 Å². The Balaban J connectivity index is 0.00000243. The molecular weight excluding hydrogens is 370 g/mol. The van der Waals surface area contributed by atoms with Crippen molar-refractivity contribution >= 4 is 35.6 Å². The molecule has 0 radical (unpaired) electrons. The molecule has 3 N–H and O–H groups in total. The van der Waals surface area contributed by atoms with Crippen molar-refractivity contribution in [3.05, 3.63) is 21.4 Å². The number of carbonyl (C=O) groups excluding carboxylic acids is 2. The van der Waals surface area contributed by atoms with Crippen molar-refractivity contribution in [3.8, 4) is 0 Å². The van der Waals surface area contributed by atoms with Crippen LogP contribution in [-0.4, -0.2) is 42.4 Å². The normalized spacial score (nSPS) is 19.9. The second-order valence-corrected chi connectivity index (χ2v) is 8.25. The Labute approximate surface area is 166 Å². The van der Waals surface area contributed by atoms with Gasteiger partial charge in [0.05, 0.1) is 4.88 Å². The molecule has 1 unspecified atom stereocenters. The van der Waals surface area contributed by atoms with E-state index < -0.39 is 0 Å². The lowest BCUT2D eigenvalue weighted by atomic mass is 10.0. The molecule has 2 heterocycles. The van der Waals surface area contributed by atoms with Gasteiger partial charge in [-0.05, 0) is 56.6 Å². The van der Waals surface area contributed by atoms with Gasteiger partial charge in [-0.15, -0.1) is 23.7 Å². The summed E-state index contributed by atoms with van der Waals surface area (Å²) in [4.78, 5) is 29.1. The Morgan fingerprint density at radius 2 is 2.00 bits per heavy atom. The van der Waals surface area contributed by atoms with Crippen LogP contribution in [0.25, 0.3) is 0 Å². The molecular formula is C19H30ClN3O2S. The number of amides is 2. The second kappa shape index (κ2) is 10.3. The summed E-state index contributed by atoms with van der Waals surface area (Å²) in [6.45, 7) is 1.69. The molecule has 0 spiro atoms. The molecule has 2 aliphatic rings. The minimum atomic E-state index is -0.0247. The van der Waals surface area contributed by atoms with E-state index in [1.165, 1.54) is 29.7 Å². The van der Waals surface area contributed by atoms with Gasteiger partial charge >= 0.3 is 0 Å². The number of carbonyl (C=O) groups is 2. The third-order valence-electron chi connectivity index (χ3n) is 5.25. The Bertz CT molecular complexity index is 596. The van der Waals surface area contributed by atoms with Crippen LogP contribution in [0.5, 0.6) is 0 Å². The van der Waals surface area contributed by atoms with Gasteiger partial charge in [0, 0.05) is 37.0 Å². The lowest BCUT2D eigenvalue weighted by Gasteiger charge is -2.35. The van der Waals surface area contributed by atoms with E-state index in [2.05, 4.69) is 11.4 Å². The van der Waals surface area contributed by atoms with E-state index in [9.17, 15) is 9.59 Å². The fraction of sp³-hybridized carbons (Fsp3) is 0.684. The number of hydrogen-bond acceptors (Lipinski definition) is 4. The minimum absolute atomic E-state index is 0. The first kappa shape index (κ1) is 21.2. The molecule has 1 aromatic heterocycles. The van der Waals surface area contributed by atoms with Crippen LogP contribution in [0.1, 0.15) is 65.1 Å². The third kappa shape index (κ3) is 5.21. The summed E-state index contributed by atoms with van der Waals surface area (Å²) in [5, 5.41) is 2.94. The number of nitrogens with zero attached hydrogens (tertiary/aromatic N) is 1. The van der Waals surface area contributed by atoms with E-state index in [1.807, 2.05) is 4.90 Å². The zero-order valence-electron chi connectivity index (χ0n) is 15.3. The van der Waals surface area contributed by atoms with Crippen molar-refractivity contribution in [2.24, 2.45) is 5.73 Å². The highest BCUT2D eigenvalue weighted by Gasteiger charge is 2.29. The highest BCUT2D eigenvalue weighted by molar-refractivity contribution is 7.14. The molecule has 0 saturated carbocycles. The van der Waals surface area contributed by atoms with Crippen molar-refractivity contribution < 1.29 is 9.59 Å². The molecule has 5 nitrogen and oxygen atoms in total. The van der Waals surface area contributed by atoms with Gasteiger partial charge < -0.3 is 16.0 Å². The van der Waals surface area contributed by atoms with Crippen LogP contribution in [-0.2, 0) is 17.6 Å². The number of nitrogens with one attached hydrogen (secondary N) is 1. The number of likely N-dealkylation sites (tertiary alicyclic amines) is 1. The lowest BCUT2D eigenvalue weighted by molar-refractivity contribution is -0.121. The lowest BCUT2D eigenvalue weighted by Crippen LogP contribution is -2.49. The van der Waals surface area contributed by atoms with Gasteiger partial charge in [0.25, 0.3) is 5.91 Å². The summed E-state index contributed by atoms with van der Waals surface area (Å²) in [6, 6.07) is 2.23. The topological polar surface area (TPSA) is 75.4 Å². The monoisotopic (exact) mass is 399 g/mol. The number of fused-ring (bicyclic) bond motifs is 1. The highest BCUT2D eigenvalue weighted by atomic mass is 35.5. The molecule has 1 aromatic rings. The summed E-state index contributed by atoms with van der Waals surface area (Å²) >= 11 is 1.69. The smallest absolute Gasteiger partial charge is 0.264 e. The van der Waals surface area contributed by atoms with Crippen molar-refractivity contribution in [1.29, 1.82) is 0 Å². The molecule has 1 aliphatic heterocycles. The maximum absolute atomic E-state index is 13.1. The van der Waals surface area contributed by atoms with Gasteiger partial charge in [0.2, 0.25) is 5.91 Å². The van der Waals surface area contributed by atoms with Crippen LogP contribution in [0.4, 0.5) is 0 Å². The molecule has 26 heavy (non-hydrogen) atoms.